The molecule has 160 valence electrons. The van der Waals surface area contributed by atoms with E-state index in [1.54, 1.807) is 12.0 Å². The van der Waals surface area contributed by atoms with Crippen LogP contribution in [0.5, 0.6) is 5.75 Å². The number of carbonyl (C=O) groups is 2. The summed E-state index contributed by atoms with van der Waals surface area (Å²) in [7, 11) is 1.63. The number of nitrogens with zero attached hydrogens (tertiary/aromatic N) is 1. The Bertz CT molecular complexity index is 1020. The van der Waals surface area contributed by atoms with E-state index in [1.165, 1.54) is 29.2 Å². The number of aromatic nitrogens is 1. The predicted molar refractivity (Wildman–Crippen MR) is 98.9 cm³/mol. The number of alkyl halides is 3. The molecule has 1 saturated heterocycles. The van der Waals surface area contributed by atoms with Crippen LogP contribution in [-0.4, -0.2) is 54.6 Å². The minimum absolute atomic E-state index is 0.00962. The first-order chi connectivity index (χ1) is 14.1. The van der Waals surface area contributed by atoms with Crippen molar-refractivity contribution in [1.29, 1.82) is 0 Å². The van der Waals surface area contributed by atoms with E-state index in [9.17, 15) is 27.6 Å². The van der Waals surface area contributed by atoms with Crippen LogP contribution >= 0.6 is 0 Å². The van der Waals surface area contributed by atoms with Crippen LogP contribution < -0.4 is 16.0 Å². The SMILES string of the molecule is CN1C(=O)COCC1COc1ccc(-c2cc(C(N)=O)c(=O)[nH]c2C(F)(F)F)cc1. The number of nitrogens with one attached hydrogen (secondary N) is 1. The van der Waals surface area contributed by atoms with Crippen LogP contribution in [0.3, 0.4) is 0 Å². The third-order valence-corrected chi connectivity index (χ3v) is 4.67. The minimum Gasteiger partial charge on any atom is -0.491 e. The first-order valence-corrected chi connectivity index (χ1v) is 8.79. The summed E-state index contributed by atoms with van der Waals surface area (Å²) in [5.41, 5.74) is 1.70. The lowest BCUT2D eigenvalue weighted by molar-refractivity contribution is -0.147. The smallest absolute Gasteiger partial charge is 0.431 e. The standard InChI is InChI=1S/C19H18F3N3O5/c1-25-11(7-29-9-15(25)26)8-30-12-4-2-10(3-5-12)13-6-14(17(23)27)18(28)24-16(13)19(20,21)22/h2-6,11H,7-9H2,1H3,(H2,23,27)(H,24,28). The maximum atomic E-state index is 13.4. The molecule has 1 aliphatic rings. The van der Waals surface area contributed by atoms with Gasteiger partial charge in [0.05, 0.1) is 12.6 Å². The van der Waals surface area contributed by atoms with Gasteiger partial charge in [0.25, 0.3) is 11.5 Å². The van der Waals surface area contributed by atoms with Gasteiger partial charge in [-0.1, -0.05) is 12.1 Å². The molecule has 2 aromatic rings. The average molecular weight is 425 g/mol. The molecule has 1 aromatic carbocycles. The molecule has 0 spiro atoms. The van der Waals surface area contributed by atoms with E-state index in [0.29, 0.717) is 12.4 Å². The van der Waals surface area contributed by atoms with Crippen LogP contribution in [0.25, 0.3) is 11.1 Å². The van der Waals surface area contributed by atoms with Crippen molar-refractivity contribution in [3.8, 4) is 16.9 Å². The average Bonchev–Trinajstić information content (AvgIpc) is 2.68. The molecular formula is C19H18F3N3O5. The molecule has 2 heterocycles. The van der Waals surface area contributed by atoms with Crippen molar-refractivity contribution >= 4 is 11.8 Å². The number of rotatable bonds is 5. The second-order valence-electron chi connectivity index (χ2n) is 6.67. The first-order valence-electron chi connectivity index (χ1n) is 8.79. The molecule has 1 aliphatic heterocycles. The normalized spacial score (nSPS) is 17.1. The molecular weight excluding hydrogens is 407 g/mol. The van der Waals surface area contributed by atoms with Gasteiger partial charge in [0.2, 0.25) is 5.91 Å². The number of aromatic amines is 1. The molecule has 30 heavy (non-hydrogen) atoms. The summed E-state index contributed by atoms with van der Waals surface area (Å²) in [4.78, 5) is 37.9. The Morgan fingerprint density at radius 3 is 2.57 bits per heavy atom. The predicted octanol–water partition coefficient (Wildman–Crippen LogP) is 1.40. The highest BCUT2D eigenvalue weighted by Crippen LogP contribution is 2.35. The number of benzene rings is 1. The highest BCUT2D eigenvalue weighted by atomic mass is 19.4. The fraction of sp³-hybridized carbons (Fsp3) is 0.316. The summed E-state index contributed by atoms with van der Waals surface area (Å²) in [6.07, 6.45) is -4.85. The molecule has 11 heteroatoms. The highest BCUT2D eigenvalue weighted by molar-refractivity contribution is 5.94. The van der Waals surface area contributed by atoms with E-state index >= 15 is 0 Å². The van der Waals surface area contributed by atoms with Gasteiger partial charge in [0.15, 0.2) is 0 Å². The Labute approximate surface area is 168 Å². The van der Waals surface area contributed by atoms with Gasteiger partial charge in [-0.05, 0) is 23.8 Å². The van der Waals surface area contributed by atoms with Crippen molar-refractivity contribution in [1.82, 2.24) is 9.88 Å². The van der Waals surface area contributed by atoms with E-state index in [2.05, 4.69) is 0 Å². The zero-order chi connectivity index (χ0) is 22.1. The fourth-order valence-electron chi connectivity index (χ4n) is 2.95. The maximum Gasteiger partial charge on any atom is 0.431 e. The Kier molecular flexibility index (Phi) is 5.83. The first kappa shape index (κ1) is 21.4. The molecule has 2 amide bonds. The van der Waals surface area contributed by atoms with E-state index in [4.69, 9.17) is 15.2 Å². The number of hydrogen-bond acceptors (Lipinski definition) is 5. The summed E-state index contributed by atoms with van der Waals surface area (Å²) in [6.45, 7) is 0.456. The van der Waals surface area contributed by atoms with Crippen LogP contribution in [-0.2, 0) is 15.7 Å². The molecule has 8 nitrogen and oxygen atoms in total. The lowest BCUT2D eigenvalue weighted by atomic mass is 10.0. The molecule has 1 unspecified atom stereocenters. The molecule has 1 aromatic heterocycles. The van der Waals surface area contributed by atoms with Gasteiger partial charge in [0.1, 0.15) is 30.2 Å². The molecule has 0 saturated carbocycles. The van der Waals surface area contributed by atoms with Crippen LogP contribution in [0, 0.1) is 0 Å². The van der Waals surface area contributed by atoms with Crippen molar-refractivity contribution in [2.24, 2.45) is 5.73 Å². The summed E-state index contributed by atoms with van der Waals surface area (Å²) in [5.74, 6) is -0.953. The lowest BCUT2D eigenvalue weighted by Gasteiger charge is -2.32. The summed E-state index contributed by atoms with van der Waals surface area (Å²) in [5, 5.41) is 0. The number of carbonyl (C=O) groups excluding carboxylic acids is 2. The van der Waals surface area contributed by atoms with Crippen molar-refractivity contribution < 1.29 is 32.2 Å². The molecule has 1 atom stereocenters. The van der Waals surface area contributed by atoms with Gasteiger partial charge in [-0.2, -0.15) is 13.2 Å². The van der Waals surface area contributed by atoms with Gasteiger partial charge in [0, 0.05) is 12.6 Å². The molecule has 1 fully saturated rings. The molecule has 0 radical (unpaired) electrons. The van der Waals surface area contributed by atoms with E-state index in [0.717, 1.165) is 6.07 Å². The minimum atomic E-state index is -4.85. The van der Waals surface area contributed by atoms with E-state index in [1.807, 2.05) is 0 Å². The van der Waals surface area contributed by atoms with Crippen molar-refractivity contribution in [3.63, 3.8) is 0 Å². The number of primary amides is 1. The number of halogens is 3. The van der Waals surface area contributed by atoms with Gasteiger partial charge >= 0.3 is 6.18 Å². The second-order valence-corrected chi connectivity index (χ2v) is 6.67. The topological polar surface area (TPSA) is 115 Å². The molecule has 3 N–H and O–H groups in total. The Morgan fingerprint density at radius 1 is 1.30 bits per heavy atom. The number of hydrogen-bond donors (Lipinski definition) is 2. The third kappa shape index (κ3) is 4.46. The summed E-state index contributed by atoms with van der Waals surface area (Å²) >= 11 is 0. The number of amides is 2. The largest absolute Gasteiger partial charge is 0.491 e. The van der Waals surface area contributed by atoms with Gasteiger partial charge in [-0.25, -0.2) is 0 Å². The van der Waals surface area contributed by atoms with E-state index in [-0.39, 0.29) is 30.7 Å². The zero-order valence-corrected chi connectivity index (χ0v) is 15.8. The number of pyridine rings is 1. The van der Waals surface area contributed by atoms with Crippen LogP contribution in [0.15, 0.2) is 35.1 Å². The highest BCUT2D eigenvalue weighted by Gasteiger charge is 2.36. The number of likely N-dealkylation sites (N-methyl/N-ethyl adjacent to an activating group) is 1. The maximum absolute atomic E-state index is 13.4. The lowest BCUT2D eigenvalue weighted by Crippen LogP contribution is -2.49. The number of nitrogens with two attached hydrogens (primary N) is 1. The van der Waals surface area contributed by atoms with Crippen LogP contribution in [0.4, 0.5) is 13.2 Å². The van der Waals surface area contributed by atoms with Crippen molar-refractivity contribution in [3.05, 3.63) is 51.9 Å². The molecule has 0 aliphatic carbocycles. The molecule has 3 rings (SSSR count). The van der Waals surface area contributed by atoms with Crippen LogP contribution in [0.1, 0.15) is 16.1 Å². The van der Waals surface area contributed by atoms with Gasteiger partial charge in [-0.15, -0.1) is 0 Å². The summed E-state index contributed by atoms with van der Waals surface area (Å²) < 4.78 is 50.9. The third-order valence-electron chi connectivity index (χ3n) is 4.67. The summed E-state index contributed by atoms with van der Waals surface area (Å²) in [6, 6.07) is 6.12. The Hall–Kier alpha value is -3.34. The number of ether oxygens (including phenoxy) is 2. The number of H-pyrrole nitrogens is 1. The van der Waals surface area contributed by atoms with Crippen LogP contribution in [0.2, 0.25) is 0 Å². The number of morpholine rings is 1. The van der Waals surface area contributed by atoms with Gasteiger partial charge < -0.3 is 25.1 Å². The van der Waals surface area contributed by atoms with Crippen molar-refractivity contribution in [2.75, 3.05) is 26.9 Å². The van der Waals surface area contributed by atoms with Gasteiger partial charge in [-0.3, -0.25) is 14.4 Å². The quantitative estimate of drug-likeness (QED) is 0.752. The Balaban J connectivity index is 1.85. The van der Waals surface area contributed by atoms with Crippen molar-refractivity contribution in [2.45, 2.75) is 12.2 Å². The Morgan fingerprint density at radius 2 is 1.97 bits per heavy atom. The monoisotopic (exact) mass is 425 g/mol. The molecule has 0 bridgehead atoms. The fourth-order valence-corrected chi connectivity index (χ4v) is 2.95. The second kappa shape index (κ2) is 8.19. The zero-order valence-electron chi connectivity index (χ0n) is 15.8. The van der Waals surface area contributed by atoms with E-state index < -0.39 is 34.5 Å².